The normalized spacial score (nSPS) is 16.5. The van der Waals surface area contributed by atoms with Crippen molar-refractivity contribution in [2.45, 2.75) is 6.61 Å². The molecular formula is C23H19N3O4S. The lowest BCUT2D eigenvalue weighted by Gasteiger charge is -2.13. The quantitative estimate of drug-likeness (QED) is 0.326. The molecule has 0 unspecified atom stereocenters. The molecule has 31 heavy (non-hydrogen) atoms. The van der Waals surface area contributed by atoms with E-state index in [0.29, 0.717) is 21.4 Å². The summed E-state index contributed by atoms with van der Waals surface area (Å²) < 4.78 is 6.06. The number of hydrogen-bond acceptors (Lipinski definition) is 6. The van der Waals surface area contributed by atoms with Gasteiger partial charge >= 0.3 is 0 Å². The van der Waals surface area contributed by atoms with E-state index in [2.05, 4.69) is 4.99 Å². The third-order valence-corrected chi connectivity index (χ3v) is 6.07. The molecule has 0 atom stereocenters. The van der Waals surface area contributed by atoms with Gasteiger partial charge in [0, 0.05) is 31.8 Å². The Labute approximate surface area is 183 Å². The number of rotatable bonds is 5. The fraction of sp³-hybridized carbons (Fsp3) is 0.130. The van der Waals surface area contributed by atoms with Gasteiger partial charge in [0.15, 0.2) is 5.17 Å². The number of fused-ring (bicyclic) bond motifs is 1. The molecule has 3 aromatic rings. The highest BCUT2D eigenvalue weighted by Gasteiger charge is 2.30. The van der Waals surface area contributed by atoms with E-state index in [9.17, 15) is 14.9 Å². The Bertz CT molecular complexity index is 1250. The first-order chi connectivity index (χ1) is 15.0. The molecule has 7 nitrogen and oxygen atoms in total. The van der Waals surface area contributed by atoms with Crippen LogP contribution < -0.4 is 4.74 Å². The van der Waals surface area contributed by atoms with Crippen molar-refractivity contribution in [1.29, 1.82) is 0 Å². The van der Waals surface area contributed by atoms with Crippen molar-refractivity contribution in [3.05, 3.63) is 86.8 Å². The lowest BCUT2D eigenvalue weighted by Crippen LogP contribution is -2.23. The summed E-state index contributed by atoms with van der Waals surface area (Å²) in [7, 11) is 3.35. The van der Waals surface area contributed by atoms with Gasteiger partial charge in [0.05, 0.1) is 9.83 Å². The smallest absolute Gasteiger partial charge is 0.269 e. The van der Waals surface area contributed by atoms with Crippen LogP contribution in [0.25, 0.3) is 16.8 Å². The molecule has 0 bridgehead atoms. The molecule has 0 spiro atoms. The second-order valence-corrected chi connectivity index (χ2v) is 7.90. The highest BCUT2D eigenvalue weighted by molar-refractivity contribution is 8.18. The molecule has 0 aromatic heterocycles. The Morgan fingerprint density at radius 1 is 1.16 bits per heavy atom. The summed E-state index contributed by atoms with van der Waals surface area (Å²) >= 11 is 1.32. The van der Waals surface area contributed by atoms with Gasteiger partial charge in [-0.1, -0.05) is 42.5 Å². The van der Waals surface area contributed by atoms with Crippen LogP contribution in [0.15, 0.2) is 70.6 Å². The number of carbonyl (C=O) groups excluding carboxylic acids is 1. The van der Waals surface area contributed by atoms with Crippen LogP contribution in [0, 0.1) is 10.1 Å². The average Bonchev–Trinajstić information content (AvgIpc) is 3.06. The summed E-state index contributed by atoms with van der Waals surface area (Å²) in [5.41, 5.74) is 1.49. The van der Waals surface area contributed by atoms with Crippen molar-refractivity contribution in [2.75, 3.05) is 14.1 Å². The van der Waals surface area contributed by atoms with Crippen LogP contribution in [0.2, 0.25) is 0 Å². The molecular weight excluding hydrogens is 414 g/mol. The maximum absolute atomic E-state index is 12.7. The molecule has 0 radical (unpaired) electrons. The zero-order valence-corrected chi connectivity index (χ0v) is 17.8. The van der Waals surface area contributed by atoms with Crippen LogP contribution in [0.4, 0.5) is 5.69 Å². The molecule has 4 rings (SSSR count). The molecule has 0 N–H and O–H groups in total. The van der Waals surface area contributed by atoms with E-state index in [1.165, 1.54) is 28.8 Å². The van der Waals surface area contributed by atoms with E-state index >= 15 is 0 Å². The van der Waals surface area contributed by atoms with E-state index < -0.39 is 4.92 Å². The lowest BCUT2D eigenvalue weighted by molar-refractivity contribution is -0.384. The van der Waals surface area contributed by atoms with Crippen LogP contribution in [0.3, 0.4) is 0 Å². The molecule has 8 heteroatoms. The Kier molecular flexibility index (Phi) is 5.73. The van der Waals surface area contributed by atoms with Gasteiger partial charge in [-0.3, -0.25) is 24.8 Å². The minimum absolute atomic E-state index is 0.0179. The SMILES string of the molecule is CN=C1S/C(=C/c2c(OCc3cccc([N+](=O)[O-])c3)ccc3ccccc23)C(=O)N1C. The Balaban J connectivity index is 1.73. The third-order valence-electron chi connectivity index (χ3n) is 4.92. The minimum atomic E-state index is -0.429. The van der Waals surface area contributed by atoms with Crippen molar-refractivity contribution in [3.8, 4) is 5.75 Å². The molecule has 1 fully saturated rings. The Morgan fingerprint density at radius 2 is 1.97 bits per heavy atom. The summed E-state index contributed by atoms with van der Waals surface area (Å²) in [6.45, 7) is 0.166. The molecule has 1 saturated heterocycles. The second kappa shape index (κ2) is 8.61. The van der Waals surface area contributed by atoms with Crippen LogP contribution in [0.1, 0.15) is 11.1 Å². The van der Waals surface area contributed by atoms with Crippen LogP contribution in [-0.4, -0.2) is 35.0 Å². The zero-order chi connectivity index (χ0) is 22.0. The monoisotopic (exact) mass is 433 g/mol. The van der Waals surface area contributed by atoms with Gasteiger partial charge in [-0.05, 0) is 40.2 Å². The number of non-ortho nitro benzene ring substituents is 1. The van der Waals surface area contributed by atoms with E-state index in [0.717, 1.165) is 16.3 Å². The Morgan fingerprint density at radius 3 is 2.71 bits per heavy atom. The first-order valence-corrected chi connectivity index (χ1v) is 10.3. The van der Waals surface area contributed by atoms with Crippen molar-refractivity contribution < 1.29 is 14.5 Å². The molecule has 1 amide bonds. The number of hydrogen-bond donors (Lipinski definition) is 0. The van der Waals surface area contributed by atoms with E-state index in [-0.39, 0.29) is 18.2 Å². The first-order valence-electron chi connectivity index (χ1n) is 9.50. The fourth-order valence-corrected chi connectivity index (χ4v) is 4.26. The highest BCUT2D eigenvalue weighted by Crippen LogP contribution is 2.36. The van der Waals surface area contributed by atoms with Gasteiger partial charge in [-0.25, -0.2) is 0 Å². The van der Waals surface area contributed by atoms with Crippen molar-refractivity contribution in [1.82, 2.24) is 4.90 Å². The molecule has 1 heterocycles. The van der Waals surface area contributed by atoms with Gasteiger partial charge in [0.1, 0.15) is 12.4 Å². The molecule has 1 aliphatic heterocycles. The van der Waals surface area contributed by atoms with Crippen molar-refractivity contribution in [2.24, 2.45) is 4.99 Å². The van der Waals surface area contributed by atoms with Gasteiger partial charge in [0.2, 0.25) is 0 Å². The van der Waals surface area contributed by atoms with Gasteiger partial charge < -0.3 is 4.74 Å². The summed E-state index contributed by atoms with van der Waals surface area (Å²) in [6.07, 6.45) is 1.83. The number of carbonyl (C=O) groups is 1. The van der Waals surface area contributed by atoms with Crippen molar-refractivity contribution >= 4 is 45.4 Å². The lowest BCUT2D eigenvalue weighted by atomic mass is 10.0. The number of nitro benzene ring substituents is 1. The van der Waals surface area contributed by atoms with Crippen LogP contribution in [-0.2, 0) is 11.4 Å². The maximum atomic E-state index is 12.7. The predicted molar refractivity (Wildman–Crippen MR) is 123 cm³/mol. The van der Waals surface area contributed by atoms with E-state index in [1.54, 1.807) is 26.2 Å². The standard InChI is InChI=1S/C23H19N3O4S/c1-24-23-25(2)22(27)21(31-23)13-19-18-9-4-3-7-16(18)10-11-20(19)30-14-15-6-5-8-17(12-15)26(28)29/h3-13H,14H2,1-2H3/b21-13+,24-23?. The summed E-state index contributed by atoms with van der Waals surface area (Å²) in [4.78, 5) is 29.5. The highest BCUT2D eigenvalue weighted by atomic mass is 32.2. The number of amides is 1. The maximum Gasteiger partial charge on any atom is 0.269 e. The number of likely N-dealkylation sites (N-methyl/N-ethyl adjacent to an activating group) is 1. The number of nitro groups is 1. The van der Waals surface area contributed by atoms with Crippen LogP contribution >= 0.6 is 11.8 Å². The largest absolute Gasteiger partial charge is 0.488 e. The number of amidine groups is 1. The average molecular weight is 433 g/mol. The predicted octanol–water partition coefficient (Wildman–Crippen LogP) is 4.86. The van der Waals surface area contributed by atoms with Gasteiger partial charge in [-0.15, -0.1) is 0 Å². The van der Waals surface area contributed by atoms with E-state index in [4.69, 9.17) is 4.74 Å². The fourth-order valence-electron chi connectivity index (χ4n) is 3.35. The van der Waals surface area contributed by atoms with Gasteiger partial charge in [-0.2, -0.15) is 0 Å². The molecule has 156 valence electrons. The summed E-state index contributed by atoms with van der Waals surface area (Å²) in [6, 6.07) is 18.0. The number of aliphatic imine (C=N–C) groups is 1. The van der Waals surface area contributed by atoms with E-state index in [1.807, 2.05) is 42.5 Å². The minimum Gasteiger partial charge on any atom is -0.488 e. The number of benzene rings is 3. The van der Waals surface area contributed by atoms with Crippen molar-refractivity contribution in [3.63, 3.8) is 0 Å². The number of ether oxygens (including phenoxy) is 1. The number of thioether (sulfide) groups is 1. The summed E-state index contributed by atoms with van der Waals surface area (Å²) in [5.74, 6) is 0.471. The number of nitrogens with zero attached hydrogens (tertiary/aromatic N) is 3. The Hall–Kier alpha value is -3.65. The topological polar surface area (TPSA) is 85.0 Å². The molecule has 1 aliphatic rings. The zero-order valence-electron chi connectivity index (χ0n) is 16.9. The molecule has 0 aliphatic carbocycles. The molecule has 3 aromatic carbocycles. The first kappa shape index (κ1) is 20.6. The van der Waals surface area contributed by atoms with Crippen LogP contribution in [0.5, 0.6) is 5.75 Å². The molecule has 0 saturated carbocycles. The second-order valence-electron chi connectivity index (χ2n) is 6.90. The summed E-state index contributed by atoms with van der Waals surface area (Å²) in [5, 5.41) is 13.6. The van der Waals surface area contributed by atoms with Gasteiger partial charge in [0.25, 0.3) is 11.6 Å². The third kappa shape index (κ3) is 4.15.